The summed E-state index contributed by atoms with van der Waals surface area (Å²) in [4.78, 5) is 33.5. The number of amides is 1. The summed E-state index contributed by atoms with van der Waals surface area (Å²) in [6.45, 7) is 1.44. The summed E-state index contributed by atoms with van der Waals surface area (Å²) < 4.78 is 0. The van der Waals surface area contributed by atoms with Crippen molar-refractivity contribution in [1.82, 2.24) is 0 Å². The van der Waals surface area contributed by atoms with Gasteiger partial charge in [-0.1, -0.05) is 17.8 Å². The van der Waals surface area contributed by atoms with Gasteiger partial charge in [0, 0.05) is 12.7 Å². The Morgan fingerprint density at radius 3 is 2.71 bits per heavy atom. The molecule has 0 spiro atoms. The van der Waals surface area contributed by atoms with Gasteiger partial charge in [-0.25, -0.2) is 0 Å². The minimum atomic E-state index is -1.14. The lowest BCUT2D eigenvalue weighted by Crippen LogP contribution is -2.19. The van der Waals surface area contributed by atoms with Gasteiger partial charge in [0.2, 0.25) is 0 Å². The maximum absolute atomic E-state index is 11.5. The zero-order chi connectivity index (χ0) is 15.6. The van der Waals surface area contributed by atoms with E-state index in [1.54, 1.807) is 0 Å². The van der Waals surface area contributed by atoms with Gasteiger partial charge in [0.25, 0.3) is 11.7 Å². The second-order valence-corrected chi connectivity index (χ2v) is 6.00. The number of thioether (sulfide) groups is 1. The van der Waals surface area contributed by atoms with Crippen molar-refractivity contribution in [2.24, 2.45) is 0 Å². The van der Waals surface area contributed by atoms with Crippen molar-refractivity contribution >= 4 is 34.3 Å². The molecule has 2 unspecified atom stereocenters. The van der Waals surface area contributed by atoms with Crippen molar-refractivity contribution in [3.8, 4) is 0 Å². The van der Waals surface area contributed by atoms with Crippen LogP contribution in [0.4, 0.5) is 5.69 Å². The van der Waals surface area contributed by atoms with Crippen molar-refractivity contribution in [3.63, 3.8) is 0 Å². The van der Waals surface area contributed by atoms with Crippen LogP contribution in [0.3, 0.4) is 0 Å². The van der Waals surface area contributed by atoms with E-state index in [-0.39, 0.29) is 17.1 Å². The van der Waals surface area contributed by atoms with Gasteiger partial charge in [-0.15, -0.1) is 0 Å². The van der Waals surface area contributed by atoms with Crippen LogP contribution in [0.5, 0.6) is 0 Å². The van der Waals surface area contributed by atoms with Crippen LogP contribution in [0.2, 0.25) is 0 Å². The van der Waals surface area contributed by atoms with Crippen LogP contribution in [0.15, 0.2) is 18.2 Å². The van der Waals surface area contributed by atoms with Gasteiger partial charge in [-0.05, 0) is 24.1 Å². The van der Waals surface area contributed by atoms with E-state index in [1.807, 2.05) is 0 Å². The van der Waals surface area contributed by atoms with Gasteiger partial charge >= 0.3 is 0 Å². The highest BCUT2D eigenvalue weighted by Crippen LogP contribution is 2.28. The van der Waals surface area contributed by atoms with Crippen LogP contribution in [0, 0.1) is 0 Å². The number of Topliss-reactive ketones (excluding diaryl/α,β-unsaturated/α-hetero) is 1. The van der Waals surface area contributed by atoms with Crippen LogP contribution in [0.25, 0.3) is 0 Å². The van der Waals surface area contributed by atoms with E-state index in [0.29, 0.717) is 17.0 Å². The number of ketones is 1. The Morgan fingerprint density at radius 2 is 2.05 bits per heavy atom. The number of hydrogen-bond donors (Lipinski definition) is 3. The lowest BCUT2D eigenvalue weighted by atomic mass is 10.00. The molecule has 21 heavy (non-hydrogen) atoms. The first-order valence-electron chi connectivity index (χ1n) is 6.39. The van der Waals surface area contributed by atoms with Gasteiger partial charge in [0.05, 0.1) is 17.4 Å². The molecule has 7 heteroatoms. The predicted octanol–water partition coefficient (Wildman–Crippen LogP) is 0.885. The SMILES string of the molecule is CC(=O)SCCC(O)C(O)c1ccc2c(c1)NC(=O)C2=O. The molecular formula is C14H15NO5S. The molecule has 0 aliphatic carbocycles. The second-order valence-electron chi connectivity index (χ2n) is 4.73. The topological polar surface area (TPSA) is 104 Å². The normalized spacial score (nSPS) is 16.3. The van der Waals surface area contributed by atoms with Crippen molar-refractivity contribution in [2.75, 3.05) is 11.1 Å². The van der Waals surface area contributed by atoms with Gasteiger partial charge in [0.1, 0.15) is 6.10 Å². The van der Waals surface area contributed by atoms with E-state index in [0.717, 1.165) is 11.8 Å². The van der Waals surface area contributed by atoms with Crippen molar-refractivity contribution in [1.29, 1.82) is 0 Å². The summed E-state index contributed by atoms with van der Waals surface area (Å²) in [5.41, 5.74) is 1.01. The largest absolute Gasteiger partial charge is 0.390 e. The summed E-state index contributed by atoms with van der Waals surface area (Å²) in [5, 5.41) is 22.3. The molecule has 0 aromatic heterocycles. The zero-order valence-electron chi connectivity index (χ0n) is 11.3. The fourth-order valence-electron chi connectivity index (χ4n) is 2.05. The minimum Gasteiger partial charge on any atom is -0.390 e. The Bertz CT molecular complexity index is 601. The highest BCUT2D eigenvalue weighted by atomic mass is 32.2. The third-order valence-corrected chi connectivity index (χ3v) is 4.01. The molecule has 1 aromatic rings. The summed E-state index contributed by atoms with van der Waals surface area (Å²) in [6.07, 6.45) is -1.91. The fourth-order valence-corrected chi connectivity index (χ4v) is 2.70. The number of carbonyl (C=O) groups is 3. The first-order chi connectivity index (χ1) is 9.90. The molecule has 0 saturated carbocycles. The number of anilines is 1. The predicted molar refractivity (Wildman–Crippen MR) is 78.1 cm³/mol. The standard InChI is InChI=1S/C14H15NO5S/c1-7(16)21-5-4-11(17)12(18)8-2-3-9-10(6-8)15-14(20)13(9)19/h2-3,6,11-12,17-18H,4-5H2,1H3,(H,15,19,20). The minimum absolute atomic E-state index is 0.0459. The Balaban J connectivity index is 2.05. The van der Waals surface area contributed by atoms with Crippen LogP contribution in [-0.2, 0) is 9.59 Å². The Labute approximate surface area is 125 Å². The van der Waals surface area contributed by atoms with Crippen molar-refractivity contribution in [2.45, 2.75) is 25.6 Å². The molecular weight excluding hydrogens is 294 g/mol. The lowest BCUT2D eigenvalue weighted by Gasteiger charge is -2.18. The average molecular weight is 309 g/mol. The molecule has 1 aliphatic heterocycles. The molecule has 3 N–H and O–H groups in total. The monoisotopic (exact) mass is 309 g/mol. The first-order valence-corrected chi connectivity index (χ1v) is 7.38. The number of hydrogen-bond acceptors (Lipinski definition) is 6. The quantitative estimate of drug-likeness (QED) is 0.698. The maximum atomic E-state index is 11.5. The summed E-state index contributed by atoms with van der Waals surface area (Å²) in [6, 6.07) is 4.43. The first kappa shape index (κ1) is 15.7. The molecule has 1 amide bonds. The number of carbonyl (C=O) groups excluding carboxylic acids is 3. The fraction of sp³-hybridized carbons (Fsp3) is 0.357. The molecule has 0 radical (unpaired) electrons. The van der Waals surface area contributed by atoms with E-state index in [2.05, 4.69) is 5.32 Å². The third kappa shape index (κ3) is 3.49. The number of rotatable bonds is 5. The Hall–Kier alpha value is -1.70. The smallest absolute Gasteiger partial charge is 0.296 e. The molecule has 0 saturated heterocycles. The number of fused-ring (bicyclic) bond motifs is 1. The molecule has 0 bridgehead atoms. The Kier molecular flexibility index (Phi) is 4.76. The molecule has 112 valence electrons. The van der Waals surface area contributed by atoms with Gasteiger partial charge in [-0.2, -0.15) is 0 Å². The van der Waals surface area contributed by atoms with E-state index in [4.69, 9.17) is 0 Å². The van der Waals surface area contributed by atoms with Crippen LogP contribution in [0.1, 0.15) is 35.4 Å². The van der Waals surface area contributed by atoms with E-state index in [9.17, 15) is 24.6 Å². The number of aliphatic hydroxyl groups excluding tert-OH is 2. The molecule has 0 fully saturated rings. The molecule has 1 heterocycles. The van der Waals surface area contributed by atoms with Crippen molar-refractivity contribution in [3.05, 3.63) is 29.3 Å². The van der Waals surface area contributed by atoms with Crippen molar-refractivity contribution < 1.29 is 24.6 Å². The van der Waals surface area contributed by atoms with Gasteiger partial charge in [0.15, 0.2) is 5.12 Å². The van der Waals surface area contributed by atoms with Crippen LogP contribution >= 0.6 is 11.8 Å². The number of nitrogens with one attached hydrogen (secondary N) is 1. The van der Waals surface area contributed by atoms with Gasteiger partial charge < -0.3 is 15.5 Å². The number of aliphatic hydroxyl groups is 2. The highest BCUT2D eigenvalue weighted by Gasteiger charge is 2.29. The molecule has 6 nitrogen and oxygen atoms in total. The van der Waals surface area contributed by atoms with E-state index >= 15 is 0 Å². The van der Waals surface area contributed by atoms with E-state index < -0.39 is 23.9 Å². The van der Waals surface area contributed by atoms with Crippen LogP contribution < -0.4 is 5.32 Å². The van der Waals surface area contributed by atoms with Crippen LogP contribution in [-0.4, -0.2) is 38.9 Å². The molecule has 2 rings (SSSR count). The molecule has 2 atom stereocenters. The van der Waals surface area contributed by atoms with E-state index in [1.165, 1.54) is 25.1 Å². The summed E-state index contributed by atoms with van der Waals surface area (Å²) in [5.74, 6) is -0.896. The highest BCUT2D eigenvalue weighted by molar-refractivity contribution is 8.13. The molecule has 1 aromatic carbocycles. The molecule has 1 aliphatic rings. The van der Waals surface area contributed by atoms with Gasteiger partial charge in [-0.3, -0.25) is 14.4 Å². The zero-order valence-corrected chi connectivity index (χ0v) is 12.1. The number of benzene rings is 1. The summed E-state index contributed by atoms with van der Waals surface area (Å²) >= 11 is 1.08. The average Bonchev–Trinajstić information content (AvgIpc) is 2.72. The maximum Gasteiger partial charge on any atom is 0.296 e. The second kappa shape index (κ2) is 6.38. The third-order valence-electron chi connectivity index (χ3n) is 3.17. The Morgan fingerprint density at radius 1 is 1.33 bits per heavy atom. The summed E-state index contributed by atoms with van der Waals surface area (Å²) in [7, 11) is 0. The lowest BCUT2D eigenvalue weighted by molar-refractivity contribution is -0.112.